The van der Waals surface area contributed by atoms with E-state index in [1.807, 2.05) is 4.57 Å². The molecular weight excluding hydrogens is 325 g/mol. The number of phenols is 1. The van der Waals surface area contributed by atoms with E-state index in [-0.39, 0.29) is 18.2 Å². The van der Waals surface area contributed by atoms with E-state index in [0.29, 0.717) is 28.9 Å². The van der Waals surface area contributed by atoms with Gasteiger partial charge in [-0.25, -0.2) is 9.18 Å². The quantitative estimate of drug-likeness (QED) is 0.568. The Morgan fingerprint density at radius 3 is 2.56 bits per heavy atom. The van der Waals surface area contributed by atoms with E-state index < -0.39 is 5.97 Å². The largest absolute Gasteiger partial charge is 0.508 e. The van der Waals surface area contributed by atoms with Crippen molar-refractivity contribution in [3.63, 3.8) is 0 Å². The fourth-order valence-electron chi connectivity index (χ4n) is 2.88. The standard InChI is InChI=1S/C19H18FNO4/c1-12-18(19(23)25-10-9-24-2)16-11-15(22)7-8-17(16)21(12)14-5-3-13(20)4-6-14/h3-8,11,22H,9-10H2,1-2H3. The van der Waals surface area contributed by atoms with Gasteiger partial charge in [0.1, 0.15) is 18.2 Å². The molecule has 0 saturated carbocycles. The molecule has 0 saturated heterocycles. The van der Waals surface area contributed by atoms with Crippen molar-refractivity contribution in [3.05, 3.63) is 59.5 Å². The molecule has 3 rings (SSSR count). The van der Waals surface area contributed by atoms with Crippen molar-refractivity contribution in [2.75, 3.05) is 20.3 Å². The highest BCUT2D eigenvalue weighted by Crippen LogP contribution is 2.32. The molecular formula is C19H18FNO4. The zero-order chi connectivity index (χ0) is 18.0. The van der Waals surface area contributed by atoms with E-state index in [1.54, 1.807) is 31.2 Å². The van der Waals surface area contributed by atoms with Gasteiger partial charge in [-0.3, -0.25) is 0 Å². The summed E-state index contributed by atoms with van der Waals surface area (Å²) in [6, 6.07) is 10.8. The first-order chi connectivity index (χ1) is 12.0. The topological polar surface area (TPSA) is 60.7 Å². The van der Waals surface area contributed by atoms with Gasteiger partial charge in [-0.2, -0.15) is 0 Å². The van der Waals surface area contributed by atoms with Crippen molar-refractivity contribution in [2.24, 2.45) is 0 Å². The molecule has 1 N–H and O–H groups in total. The second kappa shape index (κ2) is 6.94. The number of carbonyl (C=O) groups is 1. The van der Waals surface area contributed by atoms with Gasteiger partial charge < -0.3 is 19.1 Å². The maximum atomic E-state index is 13.2. The third-order valence-corrected chi connectivity index (χ3v) is 4.00. The molecule has 0 unspecified atom stereocenters. The summed E-state index contributed by atoms with van der Waals surface area (Å²) in [6.45, 7) is 2.22. The highest BCUT2D eigenvalue weighted by molar-refractivity contribution is 6.07. The monoisotopic (exact) mass is 343 g/mol. The van der Waals surface area contributed by atoms with Crippen molar-refractivity contribution in [2.45, 2.75) is 6.92 Å². The average molecular weight is 343 g/mol. The molecule has 6 heteroatoms. The van der Waals surface area contributed by atoms with Crippen molar-refractivity contribution < 1.29 is 23.8 Å². The number of carbonyl (C=O) groups excluding carboxylic acids is 1. The van der Waals surface area contributed by atoms with Gasteiger partial charge in [-0.05, 0) is 49.4 Å². The van der Waals surface area contributed by atoms with E-state index >= 15 is 0 Å². The number of hydrogen-bond acceptors (Lipinski definition) is 4. The third-order valence-electron chi connectivity index (χ3n) is 4.00. The molecule has 0 aliphatic rings. The fraction of sp³-hybridized carbons (Fsp3) is 0.211. The van der Waals surface area contributed by atoms with Crippen LogP contribution in [0.25, 0.3) is 16.6 Å². The maximum Gasteiger partial charge on any atom is 0.340 e. The summed E-state index contributed by atoms with van der Waals surface area (Å²) in [7, 11) is 1.53. The molecule has 25 heavy (non-hydrogen) atoms. The Morgan fingerprint density at radius 2 is 1.88 bits per heavy atom. The Balaban J connectivity index is 2.16. The number of fused-ring (bicyclic) bond motifs is 1. The third kappa shape index (κ3) is 3.21. The van der Waals surface area contributed by atoms with E-state index in [4.69, 9.17) is 9.47 Å². The highest BCUT2D eigenvalue weighted by Gasteiger charge is 2.22. The summed E-state index contributed by atoms with van der Waals surface area (Å²) >= 11 is 0. The van der Waals surface area contributed by atoms with E-state index in [1.165, 1.54) is 25.3 Å². The first-order valence-corrected chi connectivity index (χ1v) is 7.79. The molecule has 0 atom stereocenters. The molecule has 0 fully saturated rings. The number of aromatic nitrogens is 1. The predicted octanol–water partition coefficient (Wildman–Crippen LogP) is 3.59. The second-order valence-electron chi connectivity index (χ2n) is 5.60. The Morgan fingerprint density at radius 1 is 1.16 bits per heavy atom. The molecule has 5 nitrogen and oxygen atoms in total. The average Bonchev–Trinajstić information content (AvgIpc) is 2.87. The van der Waals surface area contributed by atoms with Crippen LogP contribution in [0.15, 0.2) is 42.5 Å². The summed E-state index contributed by atoms with van der Waals surface area (Å²) in [4.78, 5) is 12.5. The van der Waals surface area contributed by atoms with Gasteiger partial charge >= 0.3 is 5.97 Å². The molecule has 1 heterocycles. The number of nitrogens with zero attached hydrogens (tertiary/aromatic N) is 1. The van der Waals surface area contributed by atoms with Crippen LogP contribution in [0.5, 0.6) is 5.75 Å². The number of ether oxygens (including phenoxy) is 2. The minimum atomic E-state index is -0.494. The van der Waals surface area contributed by atoms with Crippen LogP contribution in [0, 0.1) is 12.7 Å². The molecule has 0 aliphatic carbocycles. The Kier molecular flexibility index (Phi) is 4.72. The lowest BCUT2D eigenvalue weighted by Crippen LogP contribution is -2.11. The number of esters is 1. The number of phenolic OH excluding ortho intramolecular Hbond substituents is 1. The first kappa shape index (κ1) is 17.0. The number of rotatable bonds is 5. The fourth-order valence-corrected chi connectivity index (χ4v) is 2.88. The second-order valence-corrected chi connectivity index (χ2v) is 5.60. The lowest BCUT2D eigenvalue weighted by atomic mass is 10.1. The minimum Gasteiger partial charge on any atom is -0.508 e. The molecule has 0 radical (unpaired) electrons. The normalized spacial score (nSPS) is 11.0. The first-order valence-electron chi connectivity index (χ1n) is 7.79. The zero-order valence-electron chi connectivity index (χ0n) is 14.0. The number of hydrogen-bond donors (Lipinski definition) is 1. The van der Waals surface area contributed by atoms with Crippen LogP contribution >= 0.6 is 0 Å². The van der Waals surface area contributed by atoms with Crippen molar-refractivity contribution >= 4 is 16.9 Å². The number of benzene rings is 2. The van der Waals surface area contributed by atoms with Crippen LogP contribution < -0.4 is 0 Å². The van der Waals surface area contributed by atoms with Gasteiger partial charge in [0.2, 0.25) is 0 Å². The van der Waals surface area contributed by atoms with Crippen LogP contribution in [0.4, 0.5) is 4.39 Å². The molecule has 0 amide bonds. The van der Waals surface area contributed by atoms with E-state index in [9.17, 15) is 14.3 Å². The summed E-state index contributed by atoms with van der Waals surface area (Å²) in [6.07, 6.45) is 0. The molecule has 3 aromatic rings. The van der Waals surface area contributed by atoms with Gasteiger partial charge in [0.05, 0.1) is 17.7 Å². The van der Waals surface area contributed by atoms with Gasteiger partial charge in [-0.1, -0.05) is 0 Å². The van der Waals surface area contributed by atoms with Gasteiger partial charge in [0.15, 0.2) is 0 Å². The number of methoxy groups -OCH3 is 1. The van der Waals surface area contributed by atoms with Crippen LogP contribution in [0.3, 0.4) is 0 Å². The lowest BCUT2D eigenvalue weighted by molar-refractivity contribution is 0.0389. The zero-order valence-corrected chi connectivity index (χ0v) is 14.0. The smallest absolute Gasteiger partial charge is 0.340 e. The van der Waals surface area contributed by atoms with Crippen LogP contribution in [0.2, 0.25) is 0 Å². The summed E-state index contributed by atoms with van der Waals surface area (Å²) < 4.78 is 25.2. The van der Waals surface area contributed by atoms with E-state index in [0.717, 1.165) is 5.52 Å². The van der Waals surface area contributed by atoms with Gasteiger partial charge in [0, 0.05) is 23.9 Å². The van der Waals surface area contributed by atoms with E-state index in [2.05, 4.69) is 0 Å². The van der Waals surface area contributed by atoms with Crippen LogP contribution in [0.1, 0.15) is 16.1 Å². The molecule has 1 aromatic heterocycles. The van der Waals surface area contributed by atoms with Crippen molar-refractivity contribution in [3.8, 4) is 11.4 Å². The predicted molar refractivity (Wildman–Crippen MR) is 91.8 cm³/mol. The highest BCUT2D eigenvalue weighted by atomic mass is 19.1. The Bertz CT molecular complexity index is 915. The van der Waals surface area contributed by atoms with Crippen molar-refractivity contribution in [1.29, 1.82) is 0 Å². The molecule has 2 aromatic carbocycles. The summed E-state index contributed by atoms with van der Waals surface area (Å²) in [5.74, 6) is -0.782. The molecule has 0 spiro atoms. The Labute approximate surface area is 144 Å². The maximum absolute atomic E-state index is 13.2. The molecule has 130 valence electrons. The number of halogens is 1. The molecule has 0 aliphatic heterocycles. The summed E-state index contributed by atoms with van der Waals surface area (Å²) in [5, 5.41) is 10.4. The van der Waals surface area contributed by atoms with Crippen LogP contribution in [-0.4, -0.2) is 36.0 Å². The lowest BCUT2D eigenvalue weighted by Gasteiger charge is -2.09. The van der Waals surface area contributed by atoms with Gasteiger partial charge in [0.25, 0.3) is 0 Å². The summed E-state index contributed by atoms with van der Waals surface area (Å²) in [5.41, 5.74) is 2.45. The van der Waals surface area contributed by atoms with Crippen LogP contribution in [-0.2, 0) is 9.47 Å². The van der Waals surface area contributed by atoms with Gasteiger partial charge in [-0.15, -0.1) is 0 Å². The number of aromatic hydroxyl groups is 1. The van der Waals surface area contributed by atoms with Crippen molar-refractivity contribution in [1.82, 2.24) is 4.57 Å². The Hall–Kier alpha value is -2.86. The minimum absolute atomic E-state index is 0.0506. The molecule has 0 bridgehead atoms. The SMILES string of the molecule is COCCOC(=O)c1c(C)n(-c2ccc(F)cc2)c2ccc(O)cc12.